The van der Waals surface area contributed by atoms with Crippen LogP contribution in [0.2, 0.25) is 0 Å². The summed E-state index contributed by atoms with van der Waals surface area (Å²) in [7, 11) is 0. The van der Waals surface area contributed by atoms with E-state index in [0.29, 0.717) is 45.1 Å². The topological polar surface area (TPSA) is 456 Å². The maximum absolute atomic E-state index is 14.5. The molecule has 0 radical (unpaired) electrons. The van der Waals surface area contributed by atoms with Crippen LogP contribution in [0.1, 0.15) is 124 Å². The molecule has 83 heavy (non-hydrogen) atoms. The Bertz CT molecular complexity index is 2370. The van der Waals surface area contributed by atoms with Crippen molar-refractivity contribution < 1.29 is 63.0 Å². The van der Waals surface area contributed by atoms with Gasteiger partial charge in [-0.3, -0.25) is 52.9 Å². The number of carbonyl (C=O) groups excluding carboxylic acids is 11. The van der Waals surface area contributed by atoms with Crippen molar-refractivity contribution >= 4 is 71.3 Å². The number of hydrogen-bond acceptors (Lipinski definition) is 16. The first-order valence-corrected chi connectivity index (χ1v) is 28.6. The molecule has 2 aliphatic rings. The molecular formula is C55H91N15O13. The minimum Gasteiger partial charge on any atom is -0.391 e. The van der Waals surface area contributed by atoms with Gasteiger partial charge < -0.3 is 90.7 Å². The third-order valence-electron chi connectivity index (χ3n) is 14.0. The van der Waals surface area contributed by atoms with E-state index in [1.54, 1.807) is 58.0 Å². The summed E-state index contributed by atoms with van der Waals surface area (Å²) in [6.07, 6.45) is 0.0501. The molecule has 0 aromatic heterocycles. The molecule has 2 aliphatic heterocycles. The summed E-state index contributed by atoms with van der Waals surface area (Å²) in [4.78, 5) is 155. The Morgan fingerprint density at radius 2 is 1.18 bits per heavy atom. The van der Waals surface area contributed by atoms with Crippen LogP contribution in [-0.4, -0.2) is 185 Å². The number of aliphatic hydroxyl groups excluding tert-OH is 2. The van der Waals surface area contributed by atoms with Gasteiger partial charge in [0.25, 0.3) is 0 Å². The minimum atomic E-state index is -1.83. The van der Waals surface area contributed by atoms with E-state index in [1.165, 1.54) is 11.8 Å². The molecule has 10 amide bonds. The van der Waals surface area contributed by atoms with Crippen LogP contribution >= 0.6 is 0 Å². The van der Waals surface area contributed by atoms with Gasteiger partial charge in [0.05, 0.1) is 30.7 Å². The average molecular weight is 1170 g/mol. The van der Waals surface area contributed by atoms with Gasteiger partial charge in [0.2, 0.25) is 59.1 Å². The van der Waals surface area contributed by atoms with Gasteiger partial charge in [-0.1, -0.05) is 58.0 Å². The Morgan fingerprint density at radius 3 is 1.73 bits per heavy atom. The van der Waals surface area contributed by atoms with Crippen LogP contribution < -0.4 is 70.8 Å². The zero-order valence-electron chi connectivity index (χ0n) is 48.7. The molecule has 2 heterocycles. The molecule has 0 unspecified atom stereocenters. The molecule has 1 aromatic carbocycles. The molecule has 0 spiro atoms. The number of guanidine groups is 1. The highest BCUT2D eigenvalue weighted by atomic mass is 16.3. The van der Waals surface area contributed by atoms with Crippen molar-refractivity contribution in [2.75, 3.05) is 26.2 Å². The number of benzene rings is 1. The van der Waals surface area contributed by atoms with Crippen LogP contribution in [0.15, 0.2) is 35.3 Å². The second-order valence-electron chi connectivity index (χ2n) is 22.2. The highest BCUT2D eigenvalue weighted by Crippen LogP contribution is 2.21. The van der Waals surface area contributed by atoms with Gasteiger partial charge in [0.15, 0.2) is 5.96 Å². The molecular weight excluding hydrogens is 1080 g/mol. The fourth-order valence-electron chi connectivity index (χ4n) is 9.69. The Labute approximate surface area is 485 Å². The van der Waals surface area contributed by atoms with E-state index in [0.717, 1.165) is 18.9 Å². The largest absolute Gasteiger partial charge is 0.391 e. The molecule has 19 N–H and O–H groups in total. The number of rotatable bonds is 36. The monoisotopic (exact) mass is 1170 g/mol. The standard InChI is InChI=1S/C55H91N15O13/c1-30(2)25-39(48(77)62-35(29-71)27-34-15-8-7-9-16-34)65-50(79)41(28-43(57)74)66-49(78)40(26-31(3)4)67-52(81)44(32(5)72)69-53(82)45(33(6)73)68-51(80)42-20-14-24-70(42)54(83)38(19-13-23-61-55(58)59)64-47(76)37(17-10-11-21-56)63-46(75)36-18-12-22-60-36/h7-9,15-16,29-33,35-42,44-45,60,72-73H,10-14,17-28,56H2,1-6H3,(H2,57,74)(H,62,77)(H,63,75)(H,64,76)(H,65,79)(H,66,78)(H,67,81)(H,68,80)(H,69,82)(H4,58,59,61)/t32-,33-,35+,36+,37+,38+,39+,40+,41+,42+,44+,45+/m1/s1. The molecule has 2 fully saturated rings. The van der Waals surface area contributed by atoms with Crippen molar-refractivity contribution in [1.29, 1.82) is 0 Å². The van der Waals surface area contributed by atoms with Crippen molar-refractivity contribution in [1.82, 2.24) is 52.8 Å². The number of primary amides is 1. The highest BCUT2D eigenvalue weighted by Gasteiger charge is 2.42. The summed E-state index contributed by atoms with van der Waals surface area (Å²) < 4.78 is 0. The van der Waals surface area contributed by atoms with Gasteiger partial charge in [-0.05, 0) is 121 Å². The zero-order chi connectivity index (χ0) is 61.9. The van der Waals surface area contributed by atoms with Crippen molar-refractivity contribution in [3.05, 3.63) is 35.9 Å². The fraction of sp³-hybridized carbons (Fsp3) is 0.673. The predicted octanol–water partition coefficient (Wildman–Crippen LogP) is -4.04. The lowest BCUT2D eigenvalue weighted by Gasteiger charge is -2.32. The Morgan fingerprint density at radius 1 is 0.639 bits per heavy atom. The number of nitrogens with one attached hydrogen (secondary N) is 9. The molecule has 28 heteroatoms. The summed E-state index contributed by atoms with van der Waals surface area (Å²) in [6, 6.07) is -3.98. The van der Waals surface area contributed by atoms with Crippen molar-refractivity contribution in [2.45, 2.75) is 198 Å². The number of nitrogens with zero attached hydrogens (tertiary/aromatic N) is 2. The molecule has 2 saturated heterocycles. The highest BCUT2D eigenvalue weighted by molar-refractivity contribution is 5.99. The summed E-state index contributed by atoms with van der Waals surface area (Å²) in [5, 5.41) is 45.4. The van der Waals surface area contributed by atoms with Crippen LogP contribution in [0.5, 0.6) is 0 Å². The van der Waals surface area contributed by atoms with E-state index in [1.807, 2.05) is 0 Å². The zero-order valence-corrected chi connectivity index (χ0v) is 48.7. The Balaban J connectivity index is 1.80. The molecule has 1 aromatic rings. The molecule has 28 nitrogen and oxygen atoms in total. The summed E-state index contributed by atoms with van der Waals surface area (Å²) >= 11 is 0. The first-order valence-electron chi connectivity index (χ1n) is 28.6. The van der Waals surface area contributed by atoms with Gasteiger partial charge >= 0.3 is 0 Å². The minimum absolute atomic E-state index is 0.0179. The smallest absolute Gasteiger partial charge is 0.245 e. The van der Waals surface area contributed by atoms with E-state index in [-0.39, 0.29) is 81.7 Å². The normalized spacial score (nSPS) is 18.5. The number of nitrogens with two attached hydrogens (primary N) is 4. The van der Waals surface area contributed by atoms with Crippen LogP contribution in [-0.2, 0) is 59.2 Å². The first kappa shape index (κ1) is 70.0. The molecule has 0 aliphatic carbocycles. The fourth-order valence-corrected chi connectivity index (χ4v) is 9.69. The van der Waals surface area contributed by atoms with Crippen molar-refractivity contribution in [3.8, 4) is 0 Å². The van der Waals surface area contributed by atoms with Crippen LogP contribution in [0, 0.1) is 11.8 Å². The SMILES string of the molecule is CC(C)C[C@H](NC(=O)[C@H](CC(N)=O)NC(=O)[C@H](CC(C)C)NC(=O)[C@@H](NC(=O)[C@@H](NC(=O)[C@@H]1CCCN1C(=O)[C@H](CCCN=C(N)N)NC(=O)[C@H](CCCCN)NC(=O)[C@@H]1CCCN1)[C@@H](C)O)[C@@H](C)O)C(=O)N[C@H](C=O)Cc1ccccc1. The van der Waals surface area contributed by atoms with Crippen molar-refractivity contribution in [3.63, 3.8) is 0 Å². The van der Waals surface area contributed by atoms with Crippen LogP contribution in [0.3, 0.4) is 0 Å². The number of unbranched alkanes of at least 4 members (excludes halogenated alkanes) is 1. The van der Waals surface area contributed by atoms with Gasteiger partial charge in [-0.25, -0.2) is 0 Å². The van der Waals surface area contributed by atoms with Gasteiger partial charge in [0.1, 0.15) is 54.6 Å². The lowest BCUT2D eigenvalue weighted by atomic mass is 10.00. The van der Waals surface area contributed by atoms with Crippen LogP contribution in [0.25, 0.3) is 0 Å². The number of aldehydes is 1. The van der Waals surface area contributed by atoms with E-state index >= 15 is 0 Å². The third kappa shape index (κ3) is 24.2. The number of likely N-dealkylation sites (tertiary alicyclic amines) is 1. The number of amides is 10. The molecule has 0 bridgehead atoms. The number of aliphatic imine (C=N–C) groups is 1. The molecule has 12 atom stereocenters. The Hall–Kier alpha value is -7.30. The number of carbonyl (C=O) groups is 11. The maximum atomic E-state index is 14.5. The van der Waals surface area contributed by atoms with Gasteiger partial charge in [-0.2, -0.15) is 0 Å². The average Bonchev–Trinajstić information content (AvgIpc) is 4.25. The lowest BCUT2D eigenvalue weighted by molar-refractivity contribution is -0.143. The number of hydrogen-bond donors (Lipinski definition) is 15. The summed E-state index contributed by atoms with van der Waals surface area (Å²) in [6.45, 7) is 10.5. The van der Waals surface area contributed by atoms with E-state index in [4.69, 9.17) is 22.9 Å². The van der Waals surface area contributed by atoms with E-state index < -0.39 is 132 Å². The van der Waals surface area contributed by atoms with E-state index in [9.17, 15) is 63.0 Å². The van der Waals surface area contributed by atoms with Crippen LogP contribution in [0.4, 0.5) is 0 Å². The van der Waals surface area contributed by atoms with Crippen molar-refractivity contribution in [2.24, 2.45) is 39.8 Å². The maximum Gasteiger partial charge on any atom is 0.245 e. The molecule has 464 valence electrons. The second kappa shape index (κ2) is 35.6. The quantitative estimate of drug-likeness (QED) is 0.0132. The lowest BCUT2D eigenvalue weighted by Crippen LogP contribution is -2.63. The van der Waals surface area contributed by atoms with Gasteiger partial charge in [-0.15, -0.1) is 0 Å². The predicted molar refractivity (Wildman–Crippen MR) is 306 cm³/mol. The summed E-state index contributed by atoms with van der Waals surface area (Å²) in [5.74, 6) is -9.10. The summed E-state index contributed by atoms with van der Waals surface area (Å²) in [5.41, 5.74) is 23.0. The third-order valence-corrected chi connectivity index (χ3v) is 14.0. The van der Waals surface area contributed by atoms with Gasteiger partial charge in [0, 0.05) is 13.1 Å². The van der Waals surface area contributed by atoms with E-state index in [2.05, 4.69) is 52.8 Å². The molecule has 3 rings (SSSR count). The number of aliphatic hydroxyl groups is 2. The second-order valence-corrected chi connectivity index (χ2v) is 22.2. The first-order chi connectivity index (χ1) is 39.3. The molecule has 0 saturated carbocycles. The Kier molecular flexibility index (Phi) is 30.0.